The molecule has 0 saturated heterocycles. The topological polar surface area (TPSA) is 68.3 Å². The van der Waals surface area contributed by atoms with Gasteiger partial charge in [-0.2, -0.15) is 0 Å². The lowest BCUT2D eigenvalue weighted by molar-refractivity contribution is 0.0948. The number of rotatable bonds is 4. The van der Waals surface area contributed by atoms with Crippen LogP contribution in [0.5, 0.6) is 0 Å². The molecule has 1 heterocycles. The number of halogens is 1. The van der Waals surface area contributed by atoms with Crippen molar-refractivity contribution in [3.8, 4) is 0 Å². The van der Waals surface area contributed by atoms with Gasteiger partial charge in [-0.1, -0.05) is 0 Å². The van der Waals surface area contributed by atoms with Crippen molar-refractivity contribution in [2.45, 2.75) is 18.9 Å². The fourth-order valence-corrected chi connectivity index (χ4v) is 1.87. The normalized spacial score (nSPS) is 17.5. The van der Waals surface area contributed by atoms with Gasteiger partial charge in [0.05, 0.1) is 11.8 Å². The van der Waals surface area contributed by atoms with E-state index in [1.165, 1.54) is 19.1 Å². The number of nitrogens with two attached hydrogens (primary N) is 1. The lowest BCUT2D eigenvalue weighted by atomic mass is 10.2. The van der Waals surface area contributed by atoms with Crippen molar-refractivity contribution in [3.05, 3.63) is 22.6 Å². The summed E-state index contributed by atoms with van der Waals surface area (Å²) in [5.41, 5.74) is 6.38. The summed E-state index contributed by atoms with van der Waals surface area (Å²) in [6, 6.07) is 1.71. The maximum atomic E-state index is 11.6. The van der Waals surface area contributed by atoms with Crippen LogP contribution in [0.1, 0.15) is 23.2 Å². The van der Waals surface area contributed by atoms with Crippen molar-refractivity contribution in [1.29, 1.82) is 0 Å². The molecule has 82 valence electrons. The van der Waals surface area contributed by atoms with E-state index in [0.29, 0.717) is 22.7 Å². The highest BCUT2D eigenvalue weighted by atomic mass is 79.9. The van der Waals surface area contributed by atoms with Crippen molar-refractivity contribution < 1.29 is 9.21 Å². The molecule has 0 bridgehead atoms. The van der Waals surface area contributed by atoms with E-state index < -0.39 is 0 Å². The second kappa shape index (κ2) is 4.37. The maximum absolute atomic E-state index is 11.6. The molecule has 1 aliphatic rings. The second-order valence-corrected chi connectivity index (χ2v) is 4.54. The van der Waals surface area contributed by atoms with Gasteiger partial charge in [0, 0.05) is 12.6 Å². The Kier molecular flexibility index (Phi) is 3.11. The Hall–Kier alpha value is -0.810. The van der Waals surface area contributed by atoms with E-state index in [1.807, 2.05) is 0 Å². The molecule has 0 aliphatic heterocycles. The minimum Gasteiger partial charge on any atom is -0.457 e. The zero-order chi connectivity index (χ0) is 10.8. The van der Waals surface area contributed by atoms with E-state index in [0.717, 1.165) is 0 Å². The summed E-state index contributed by atoms with van der Waals surface area (Å²) in [4.78, 5) is 11.6. The number of carbonyl (C=O) groups excluding carboxylic acids is 1. The molecule has 5 heteroatoms. The molecule has 1 aliphatic carbocycles. The van der Waals surface area contributed by atoms with Crippen molar-refractivity contribution >= 4 is 21.8 Å². The molecule has 0 radical (unpaired) electrons. The molecule has 1 aromatic rings. The fraction of sp³-hybridized carbons (Fsp3) is 0.500. The van der Waals surface area contributed by atoms with Gasteiger partial charge in [-0.05, 0) is 40.8 Å². The largest absolute Gasteiger partial charge is 0.457 e. The standard InChI is InChI=1S/C10H13BrN2O2/c11-9-7(3-4-15-9)10(14)13-5-8(12)6-1-2-6/h3-4,6,8H,1-2,5,12H2,(H,13,14). The van der Waals surface area contributed by atoms with Gasteiger partial charge in [0.1, 0.15) is 0 Å². The maximum Gasteiger partial charge on any atom is 0.255 e. The fourth-order valence-electron chi connectivity index (χ4n) is 1.45. The van der Waals surface area contributed by atoms with Gasteiger partial charge in [-0.25, -0.2) is 0 Å². The quantitative estimate of drug-likeness (QED) is 0.873. The summed E-state index contributed by atoms with van der Waals surface area (Å²) in [5, 5.41) is 2.79. The van der Waals surface area contributed by atoms with Crippen LogP contribution in [0, 0.1) is 5.92 Å². The molecule has 1 amide bonds. The number of hydrogen-bond donors (Lipinski definition) is 2. The van der Waals surface area contributed by atoms with E-state index in [9.17, 15) is 4.79 Å². The lowest BCUT2D eigenvalue weighted by Crippen LogP contribution is -2.38. The zero-order valence-corrected chi connectivity index (χ0v) is 9.79. The molecule has 15 heavy (non-hydrogen) atoms. The SMILES string of the molecule is NC(CNC(=O)c1ccoc1Br)C1CC1. The third kappa shape index (κ3) is 2.60. The molecule has 1 saturated carbocycles. The number of furan rings is 1. The van der Waals surface area contributed by atoms with Crippen LogP contribution in [-0.4, -0.2) is 18.5 Å². The average Bonchev–Trinajstić information content (AvgIpc) is 2.98. The monoisotopic (exact) mass is 272 g/mol. The van der Waals surface area contributed by atoms with Crippen LogP contribution in [-0.2, 0) is 0 Å². The van der Waals surface area contributed by atoms with E-state index in [-0.39, 0.29) is 11.9 Å². The molecule has 0 aromatic carbocycles. The lowest BCUT2D eigenvalue weighted by Gasteiger charge is -2.10. The average molecular weight is 273 g/mol. The van der Waals surface area contributed by atoms with Crippen LogP contribution in [0.3, 0.4) is 0 Å². The van der Waals surface area contributed by atoms with Crippen molar-refractivity contribution in [2.24, 2.45) is 11.7 Å². The Morgan fingerprint density at radius 3 is 3.00 bits per heavy atom. The highest BCUT2D eigenvalue weighted by molar-refractivity contribution is 9.10. The minimum atomic E-state index is -0.147. The van der Waals surface area contributed by atoms with Crippen LogP contribution in [0.25, 0.3) is 0 Å². The summed E-state index contributed by atoms with van der Waals surface area (Å²) in [7, 11) is 0. The highest BCUT2D eigenvalue weighted by Crippen LogP contribution is 2.31. The van der Waals surface area contributed by atoms with E-state index in [2.05, 4.69) is 21.2 Å². The molecule has 3 N–H and O–H groups in total. The van der Waals surface area contributed by atoms with E-state index >= 15 is 0 Å². The smallest absolute Gasteiger partial charge is 0.255 e. The first-order valence-corrected chi connectivity index (χ1v) is 5.74. The number of carbonyl (C=O) groups is 1. The Labute approximate surface area is 96.3 Å². The van der Waals surface area contributed by atoms with Crippen molar-refractivity contribution in [1.82, 2.24) is 5.32 Å². The van der Waals surface area contributed by atoms with Gasteiger partial charge < -0.3 is 15.5 Å². The first-order valence-electron chi connectivity index (χ1n) is 4.95. The molecule has 1 aromatic heterocycles. The van der Waals surface area contributed by atoms with Crippen LogP contribution >= 0.6 is 15.9 Å². The summed E-state index contributed by atoms with van der Waals surface area (Å²) in [5.74, 6) is 0.449. The minimum absolute atomic E-state index is 0.0830. The van der Waals surface area contributed by atoms with Gasteiger partial charge >= 0.3 is 0 Å². The number of hydrogen-bond acceptors (Lipinski definition) is 3. The third-order valence-electron chi connectivity index (χ3n) is 2.59. The van der Waals surface area contributed by atoms with Gasteiger partial charge in [-0.15, -0.1) is 0 Å². The molecular weight excluding hydrogens is 260 g/mol. The molecule has 2 rings (SSSR count). The Morgan fingerprint density at radius 2 is 2.47 bits per heavy atom. The predicted octanol–water partition coefficient (Wildman–Crippen LogP) is 1.51. The Bertz CT molecular complexity index is 360. The first kappa shape index (κ1) is 10.7. The van der Waals surface area contributed by atoms with Gasteiger partial charge in [0.15, 0.2) is 4.67 Å². The number of nitrogens with one attached hydrogen (secondary N) is 1. The van der Waals surface area contributed by atoms with Crippen LogP contribution in [0.15, 0.2) is 21.4 Å². The molecule has 1 atom stereocenters. The van der Waals surface area contributed by atoms with Crippen LogP contribution < -0.4 is 11.1 Å². The third-order valence-corrected chi connectivity index (χ3v) is 3.20. The molecule has 4 nitrogen and oxygen atoms in total. The Balaban J connectivity index is 1.84. The molecular formula is C10H13BrN2O2. The second-order valence-electron chi connectivity index (χ2n) is 3.82. The summed E-state index contributed by atoms with van der Waals surface area (Å²) < 4.78 is 5.44. The van der Waals surface area contributed by atoms with Crippen LogP contribution in [0.4, 0.5) is 0 Å². The Morgan fingerprint density at radius 1 is 1.73 bits per heavy atom. The van der Waals surface area contributed by atoms with Gasteiger partial charge in [-0.3, -0.25) is 4.79 Å². The molecule has 1 fully saturated rings. The van der Waals surface area contributed by atoms with Crippen molar-refractivity contribution in [3.63, 3.8) is 0 Å². The molecule has 1 unspecified atom stereocenters. The van der Waals surface area contributed by atoms with Gasteiger partial charge in [0.2, 0.25) is 0 Å². The van der Waals surface area contributed by atoms with E-state index in [1.54, 1.807) is 6.07 Å². The van der Waals surface area contributed by atoms with E-state index in [4.69, 9.17) is 10.2 Å². The predicted molar refractivity (Wildman–Crippen MR) is 59.4 cm³/mol. The number of amides is 1. The summed E-state index contributed by atoms with van der Waals surface area (Å²) in [6.45, 7) is 0.529. The zero-order valence-electron chi connectivity index (χ0n) is 8.20. The van der Waals surface area contributed by atoms with Crippen LogP contribution in [0.2, 0.25) is 0 Å². The molecule has 0 spiro atoms. The van der Waals surface area contributed by atoms with Gasteiger partial charge in [0.25, 0.3) is 5.91 Å². The first-order chi connectivity index (χ1) is 7.18. The summed E-state index contributed by atoms with van der Waals surface area (Å²) >= 11 is 3.16. The highest BCUT2D eigenvalue weighted by Gasteiger charge is 2.28. The van der Waals surface area contributed by atoms with Crippen molar-refractivity contribution in [2.75, 3.05) is 6.54 Å². The summed E-state index contributed by atoms with van der Waals surface area (Å²) in [6.07, 6.45) is 3.85.